The number of nitrogens with zero attached hydrogens (tertiary/aromatic N) is 1. The first-order chi connectivity index (χ1) is 10.3. The Morgan fingerprint density at radius 2 is 2.00 bits per heavy atom. The van der Waals surface area contributed by atoms with Gasteiger partial charge < -0.3 is 9.73 Å². The van der Waals surface area contributed by atoms with Gasteiger partial charge in [0, 0.05) is 11.9 Å². The Labute approximate surface area is 139 Å². The molecule has 22 heavy (non-hydrogen) atoms. The molecular weight excluding hydrogens is 296 g/mol. The zero-order valence-corrected chi connectivity index (χ0v) is 14.4. The van der Waals surface area contributed by atoms with E-state index in [4.69, 9.17) is 4.42 Å². The Morgan fingerprint density at radius 1 is 1.27 bits per heavy atom. The highest BCUT2D eigenvalue weighted by molar-refractivity contribution is 5.85. The lowest BCUT2D eigenvalue weighted by Gasteiger charge is -2.32. The zero-order chi connectivity index (χ0) is 14.7. The number of nitrogens with one attached hydrogen (secondary N) is 1. The number of rotatable bonds is 5. The van der Waals surface area contributed by atoms with Crippen LogP contribution in [0.3, 0.4) is 0 Å². The van der Waals surface area contributed by atoms with Crippen LogP contribution in [-0.2, 0) is 0 Å². The van der Waals surface area contributed by atoms with Gasteiger partial charge >= 0.3 is 0 Å². The van der Waals surface area contributed by atoms with E-state index in [1.165, 1.54) is 37.9 Å². The third-order valence-corrected chi connectivity index (χ3v) is 4.76. The van der Waals surface area contributed by atoms with E-state index in [-0.39, 0.29) is 12.4 Å². The molecule has 2 aromatic rings. The Kier molecular flexibility index (Phi) is 6.30. The second-order valence-corrected chi connectivity index (χ2v) is 6.14. The smallest absolute Gasteiger partial charge is 0.134 e. The summed E-state index contributed by atoms with van der Waals surface area (Å²) in [6.07, 6.45) is 2.59. The molecule has 1 aliphatic heterocycles. The van der Waals surface area contributed by atoms with Crippen LogP contribution in [0.5, 0.6) is 0 Å². The highest BCUT2D eigenvalue weighted by atomic mass is 35.5. The van der Waals surface area contributed by atoms with Crippen LogP contribution in [-0.4, -0.2) is 31.1 Å². The topological polar surface area (TPSA) is 28.4 Å². The van der Waals surface area contributed by atoms with Crippen molar-refractivity contribution in [3.8, 4) is 0 Å². The lowest BCUT2D eigenvalue weighted by Crippen LogP contribution is -2.37. The van der Waals surface area contributed by atoms with Crippen molar-refractivity contribution in [2.24, 2.45) is 5.92 Å². The number of fused-ring (bicyclic) bond motifs is 1. The van der Waals surface area contributed by atoms with Crippen LogP contribution < -0.4 is 5.32 Å². The molecule has 1 atom stereocenters. The van der Waals surface area contributed by atoms with E-state index in [9.17, 15) is 0 Å². The van der Waals surface area contributed by atoms with Crippen molar-refractivity contribution in [3.63, 3.8) is 0 Å². The number of hydrogen-bond donors (Lipinski definition) is 1. The summed E-state index contributed by atoms with van der Waals surface area (Å²) in [5.74, 6) is 1.91. The molecule has 1 aromatic heterocycles. The Hall–Kier alpha value is -1.03. The Balaban J connectivity index is 0.00000176. The average Bonchev–Trinajstić information content (AvgIpc) is 2.97. The molecule has 1 unspecified atom stereocenters. The summed E-state index contributed by atoms with van der Waals surface area (Å²) in [4.78, 5) is 2.55. The predicted molar refractivity (Wildman–Crippen MR) is 94.7 cm³/mol. The van der Waals surface area contributed by atoms with Crippen molar-refractivity contribution in [2.75, 3.05) is 26.2 Å². The summed E-state index contributed by atoms with van der Waals surface area (Å²) >= 11 is 0. The highest BCUT2D eigenvalue weighted by Crippen LogP contribution is 2.28. The fourth-order valence-corrected chi connectivity index (χ4v) is 3.35. The molecule has 4 heteroatoms. The van der Waals surface area contributed by atoms with E-state index in [0.717, 1.165) is 23.8 Å². The lowest BCUT2D eigenvalue weighted by molar-refractivity contribution is 0.155. The van der Waals surface area contributed by atoms with Gasteiger partial charge in [0.1, 0.15) is 11.3 Å². The van der Waals surface area contributed by atoms with Gasteiger partial charge in [-0.25, -0.2) is 0 Å². The van der Waals surface area contributed by atoms with Gasteiger partial charge in [-0.3, -0.25) is 4.90 Å². The summed E-state index contributed by atoms with van der Waals surface area (Å²) in [7, 11) is 0. The van der Waals surface area contributed by atoms with Gasteiger partial charge in [-0.15, -0.1) is 12.4 Å². The lowest BCUT2D eigenvalue weighted by atomic mass is 9.97. The van der Waals surface area contributed by atoms with Crippen molar-refractivity contribution in [1.29, 1.82) is 0 Å². The number of halogens is 1. The second kappa shape index (κ2) is 8.00. The zero-order valence-electron chi connectivity index (χ0n) is 13.5. The van der Waals surface area contributed by atoms with Crippen LogP contribution in [0.1, 0.15) is 38.5 Å². The van der Waals surface area contributed by atoms with Crippen LogP contribution in [0, 0.1) is 5.92 Å². The molecule has 122 valence electrons. The maximum absolute atomic E-state index is 6.05. The minimum Gasteiger partial charge on any atom is -0.459 e. The molecule has 0 saturated carbocycles. The first-order valence-corrected chi connectivity index (χ1v) is 8.21. The fourth-order valence-electron chi connectivity index (χ4n) is 3.35. The molecule has 0 radical (unpaired) electrons. The van der Waals surface area contributed by atoms with Gasteiger partial charge in [0.15, 0.2) is 0 Å². The van der Waals surface area contributed by atoms with E-state index >= 15 is 0 Å². The molecular formula is C18H27ClN2O. The molecule has 0 amide bonds. The number of para-hydroxylation sites is 1. The summed E-state index contributed by atoms with van der Waals surface area (Å²) in [6.45, 7) is 9.10. The van der Waals surface area contributed by atoms with Gasteiger partial charge in [-0.1, -0.05) is 25.1 Å². The summed E-state index contributed by atoms with van der Waals surface area (Å²) in [5.41, 5.74) is 0.997. The Bertz CT molecular complexity index is 544. The molecule has 0 spiro atoms. The first-order valence-electron chi connectivity index (χ1n) is 8.21. The van der Waals surface area contributed by atoms with Crippen molar-refractivity contribution in [2.45, 2.75) is 32.7 Å². The number of hydrogen-bond acceptors (Lipinski definition) is 3. The minimum atomic E-state index is 0. The summed E-state index contributed by atoms with van der Waals surface area (Å²) in [6, 6.07) is 10.8. The average molecular weight is 323 g/mol. The fraction of sp³-hybridized carbons (Fsp3) is 0.556. The van der Waals surface area contributed by atoms with E-state index in [0.29, 0.717) is 6.04 Å². The molecule has 1 aromatic carbocycles. The van der Waals surface area contributed by atoms with Crippen molar-refractivity contribution in [3.05, 3.63) is 36.1 Å². The normalized spacial score (nSPS) is 17.6. The summed E-state index contributed by atoms with van der Waals surface area (Å²) in [5, 5.41) is 4.65. The van der Waals surface area contributed by atoms with Crippen LogP contribution in [0.25, 0.3) is 11.0 Å². The van der Waals surface area contributed by atoms with Crippen LogP contribution in [0.2, 0.25) is 0 Å². The molecule has 1 N–H and O–H groups in total. The minimum absolute atomic E-state index is 0. The standard InChI is InChI=1S/C18H26N2O.ClH/c1-3-20(13-15-8-10-19-11-9-15)14(2)18-12-16-6-4-5-7-17(16)21-18;/h4-7,12,14-15,19H,3,8-11,13H2,1-2H3;1H. The number of furan rings is 1. The first kappa shape index (κ1) is 17.3. The van der Waals surface area contributed by atoms with E-state index in [2.05, 4.69) is 48.3 Å². The monoisotopic (exact) mass is 322 g/mol. The SMILES string of the molecule is CCN(CC1CCNCC1)C(C)c1cc2ccccc2o1.Cl. The van der Waals surface area contributed by atoms with Crippen molar-refractivity contribution < 1.29 is 4.42 Å². The van der Waals surface area contributed by atoms with Crippen LogP contribution in [0.4, 0.5) is 0 Å². The molecule has 0 bridgehead atoms. The Morgan fingerprint density at radius 3 is 2.68 bits per heavy atom. The van der Waals surface area contributed by atoms with E-state index in [1.54, 1.807) is 0 Å². The quantitative estimate of drug-likeness (QED) is 0.892. The molecule has 0 aliphatic carbocycles. The molecule has 1 fully saturated rings. The number of piperidine rings is 1. The number of benzene rings is 1. The second-order valence-electron chi connectivity index (χ2n) is 6.14. The molecule has 2 heterocycles. The van der Waals surface area contributed by atoms with Gasteiger partial charge in [0.25, 0.3) is 0 Å². The molecule has 3 nitrogen and oxygen atoms in total. The van der Waals surface area contributed by atoms with E-state index in [1.807, 2.05) is 6.07 Å². The maximum atomic E-state index is 6.05. The third kappa shape index (κ3) is 3.83. The van der Waals surface area contributed by atoms with Crippen LogP contribution in [0.15, 0.2) is 34.7 Å². The van der Waals surface area contributed by atoms with Crippen molar-refractivity contribution in [1.82, 2.24) is 10.2 Å². The van der Waals surface area contributed by atoms with Crippen LogP contribution >= 0.6 is 12.4 Å². The largest absolute Gasteiger partial charge is 0.459 e. The van der Waals surface area contributed by atoms with E-state index < -0.39 is 0 Å². The van der Waals surface area contributed by atoms with Gasteiger partial charge in [0.2, 0.25) is 0 Å². The molecule has 1 aliphatic rings. The van der Waals surface area contributed by atoms with Gasteiger partial charge in [-0.2, -0.15) is 0 Å². The molecule has 3 rings (SSSR count). The van der Waals surface area contributed by atoms with Gasteiger partial charge in [0.05, 0.1) is 6.04 Å². The molecule has 1 saturated heterocycles. The highest BCUT2D eigenvalue weighted by Gasteiger charge is 2.22. The van der Waals surface area contributed by atoms with Gasteiger partial charge in [-0.05, 0) is 57.5 Å². The predicted octanol–water partition coefficient (Wildman–Crippen LogP) is 4.24. The maximum Gasteiger partial charge on any atom is 0.134 e. The third-order valence-electron chi connectivity index (χ3n) is 4.76. The van der Waals surface area contributed by atoms with Crippen molar-refractivity contribution >= 4 is 23.4 Å². The summed E-state index contributed by atoms with van der Waals surface area (Å²) < 4.78 is 6.05.